The Labute approximate surface area is 112 Å². The van der Waals surface area contributed by atoms with E-state index in [2.05, 4.69) is 23.0 Å². The molecule has 4 heteroatoms. The van der Waals surface area contributed by atoms with Gasteiger partial charge in [0.25, 0.3) is 0 Å². The van der Waals surface area contributed by atoms with Crippen LogP contribution in [0.15, 0.2) is 36.7 Å². The molecule has 1 aliphatic rings. The van der Waals surface area contributed by atoms with Gasteiger partial charge in [-0.05, 0) is 44.0 Å². The van der Waals surface area contributed by atoms with Crippen molar-refractivity contribution in [2.75, 3.05) is 11.4 Å². The lowest BCUT2D eigenvalue weighted by Crippen LogP contribution is -2.27. The van der Waals surface area contributed by atoms with Crippen molar-refractivity contribution in [2.45, 2.75) is 25.8 Å². The van der Waals surface area contributed by atoms with E-state index in [1.807, 2.05) is 30.5 Å². The van der Waals surface area contributed by atoms with Crippen LogP contribution in [0.1, 0.15) is 25.3 Å². The van der Waals surface area contributed by atoms with E-state index in [4.69, 9.17) is 0 Å². The first-order valence-electron chi connectivity index (χ1n) is 6.60. The molecule has 0 amide bonds. The van der Waals surface area contributed by atoms with E-state index in [1.165, 1.54) is 12.8 Å². The maximum Gasteiger partial charge on any atom is 0.101 e. The van der Waals surface area contributed by atoms with Crippen molar-refractivity contribution in [3.8, 4) is 11.8 Å². The topological polar surface area (TPSA) is 44.9 Å². The highest BCUT2D eigenvalue weighted by atomic mass is 15.3. The van der Waals surface area contributed by atoms with Crippen LogP contribution in [0.3, 0.4) is 0 Å². The quantitative estimate of drug-likeness (QED) is 0.825. The molecule has 1 fully saturated rings. The fourth-order valence-electron chi connectivity index (χ4n) is 2.72. The second kappa shape index (κ2) is 4.77. The third-order valence-corrected chi connectivity index (χ3v) is 3.73. The van der Waals surface area contributed by atoms with E-state index in [0.29, 0.717) is 6.04 Å². The lowest BCUT2D eigenvalue weighted by atomic mass is 10.1. The number of benzene rings is 1. The second-order valence-corrected chi connectivity index (χ2v) is 4.95. The molecule has 1 atom stereocenters. The van der Waals surface area contributed by atoms with Crippen LogP contribution >= 0.6 is 0 Å². The molecule has 4 nitrogen and oxygen atoms in total. The maximum absolute atomic E-state index is 9.38. The summed E-state index contributed by atoms with van der Waals surface area (Å²) in [6.45, 7) is 3.26. The number of rotatable bonds is 2. The summed E-state index contributed by atoms with van der Waals surface area (Å²) in [5.41, 5.74) is 2.70. The van der Waals surface area contributed by atoms with Gasteiger partial charge in [-0.25, -0.2) is 4.68 Å². The maximum atomic E-state index is 9.38. The number of aromatic nitrogens is 2. The van der Waals surface area contributed by atoms with Crippen molar-refractivity contribution in [2.24, 2.45) is 0 Å². The van der Waals surface area contributed by atoms with Crippen LogP contribution in [0.25, 0.3) is 5.69 Å². The largest absolute Gasteiger partial charge is 0.368 e. The Kier molecular flexibility index (Phi) is 2.96. The third kappa shape index (κ3) is 2.08. The van der Waals surface area contributed by atoms with Crippen molar-refractivity contribution >= 4 is 5.69 Å². The van der Waals surface area contributed by atoms with Crippen LogP contribution in [-0.2, 0) is 0 Å². The van der Waals surface area contributed by atoms with Gasteiger partial charge in [-0.1, -0.05) is 0 Å². The highest BCUT2D eigenvalue weighted by Gasteiger charge is 2.22. The highest BCUT2D eigenvalue weighted by molar-refractivity contribution is 5.63. The van der Waals surface area contributed by atoms with Crippen LogP contribution in [0.4, 0.5) is 5.69 Å². The van der Waals surface area contributed by atoms with Gasteiger partial charge in [-0.3, -0.25) is 0 Å². The lowest BCUT2D eigenvalue weighted by molar-refractivity contribution is 0.734. The standard InChI is InChI=1S/C15H16N4/c1-12-4-2-8-18(12)15-6-5-14(10-13(15)11-16)19-9-3-7-17-19/h3,5-7,9-10,12H,2,4,8H2,1H3. The molecule has 0 spiro atoms. The predicted molar refractivity (Wildman–Crippen MR) is 74.3 cm³/mol. The van der Waals surface area contributed by atoms with E-state index in [-0.39, 0.29) is 0 Å². The highest BCUT2D eigenvalue weighted by Crippen LogP contribution is 2.29. The summed E-state index contributed by atoms with van der Waals surface area (Å²) in [6.07, 6.45) is 6.02. The monoisotopic (exact) mass is 252 g/mol. The fourth-order valence-corrected chi connectivity index (χ4v) is 2.72. The summed E-state index contributed by atoms with van der Waals surface area (Å²) in [4.78, 5) is 2.32. The number of anilines is 1. The molecule has 2 heterocycles. The zero-order valence-corrected chi connectivity index (χ0v) is 11.0. The van der Waals surface area contributed by atoms with Gasteiger partial charge in [0.2, 0.25) is 0 Å². The summed E-state index contributed by atoms with van der Waals surface area (Å²) in [6, 6.07) is 10.7. The third-order valence-electron chi connectivity index (χ3n) is 3.73. The van der Waals surface area contributed by atoms with Crippen molar-refractivity contribution in [3.63, 3.8) is 0 Å². The van der Waals surface area contributed by atoms with Gasteiger partial charge in [0, 0.05) is 25.0 Å². The lowest BCUT2D eigenvalue weighted by Gasteiger charge is -2.25. The van der Waals surface area contributed by atoms with Crippen molar-refractivity contribution < 1.29 is 0 Å². The minimum absolute atomic E-state index is 0.516. The van der Waals surface area contributed by atoms with Gasteiger partial charge in [-0.15, -0.1) is 0 Å². The van der Waals surface area contributed by atoms with E-state index in [1.54, 1.807) is 10.9 Å². The van der Waals surface area contributed by atoms with E-state index < -0.39 is 0 Å². The predicted octanol–water partition coefficient (Wildman–Crippen LogP) is 2.73. The van der Waals surface area contributed by atoms with E-state index in [0.717, 1.165) is 23.5 Å². The molecule has 1 aromatic carbocycles. The summed E-state index contributed by atoms with van der Waals surface area (Å²) in [5.74, 6) is 0. The molecule has 3 rings (SSSR count). The molecule has 0 bridgehead atoms. The van der Waals surface area contributed by atoms with Crippen molar-refractivity contribution in [1.82, 2.24) is 9.78 Å². The van der Waals surface area contributed by atoms with Crippen molar-refractivity contribution in [3.05, 3.63) is 42.2 Å². The zero-order chi connectivity index (χ0) is 13.2. The molecule has 1 aliphatic heterocycles. The smallest absolute Gasteiger partial charge is 0.101 e. The minimum atomic E-state index is 0.516. The fraction of sp³-hybridized carbons (Fsp3) is 0.333. The molecule has 0 aliphatic carbocycles. The van der Waals surface area contributed by atoms with Gasteiger partial charge in [-0.2, -0.15) is 10.4 Å². The second-order valence-electron chi connectivity index (χ2n) is 4.95. The van der Waals surface area contributed by atoms with E-state index in [9.17, 15) is 5.26 Å². The van der Waals surface area contributed by atoms with Gasteiger partial charge in [0.1, 0.15) is 6.07 Å². The molecule has 0 N–H and O–H groups in total. The molecule has 0 radical (unpaired) electrons. The Hall–Kier alpha value is -2.28. The summed E-state index contributed by atoms with van der Waals surface area (Å²) < 4.78 is 1.78. The number of nitriles is 1. The molecular formula is C15H16N4. The Bertz CT molecular complexity index is 610. The minimum Gasteiger partial charge on any atom is -0.368 e. The number of nitrogens with zero attached hydrogens (tertiary/aromatic N) is 4. The summed E-state index contributed by atoms with van der Waals surface area (Å²) in [5, 5.41) is 13.6. The Morgan fingerprint density at radius 1 is 1.42 bits per heavy atom. The Morgan fingerprint density at radius 2 is 2.32 bits per heavy atom. The first kappa shape index (κ1) is 11.8. The molecule has 1 unspecified atom stereocenters. The van der Waals surface area contributed by atoms with Gasteiger partial charge in [0.05, 0.1) is 16.9 Å². The average Bonchev–Trinajstić information content (AvgIpc) is 3.09. The Balaban J connectivity index is 2.01. The van der Waals surface area contributed by atoms with Gasteiger partial charge >= 0.3 is 0 Å². The molecule has 1 aromatic heterocycles. The average molecular weight is 252 g/mol. The van der Waals surface area contributed by atoms with Crippen LogP contribution in [0.5, 0.6) is 0 Å². The first-order chi connectivity index (χ1) is 9.29. The molecule has 1 saturated heterocycles. The van der Waals surface area contributed by atoms with Gasteiger partial charge in [0.15, 0.2) is 0 Å². The summed E-state index contributed by atoms with van der Waals surface area (Å²) >= 11 is 0. The number of hydrogen-bond donors (Lipinski definition) is 0. The normalized spacial score (nSPS) is 18.5. The Morgan fingerprint density at radius 3 is 2.95 bits per heavy atom. The molecule has 2 aromatic rings. The van der Waals surface area contributed by atoms with Crippen LogP contribution in [0, 0.1) is 11.3 Å². The molecule has 96 valence electrons. The zero-order valence-electron chi connectivity index (χ0n) is 11.0. The van der Waals surface area contributed by atoms with E-state index >= 15 is 0 Å². The summed E-state index contributed by atoms with van der Waals surface area (Å²) in [7, 11) is 0. The van der Waals surface area contributed by atoms with Crippen LogP contribution in [-0.4, -0.2) is 22.4 Å². The van der Waals surface area contributed by atoms with Crippen LogP contribution in [0.2, 0.25) is 0 Å². The molecular weight excluding hydrogens is 236 g/mol. The number of hydrogen-bond acceptors (Lipinski definition) is 3. The molecule has 19 heavy (non-hydrogen) atoms. The molecule has 0 saturated carbocycles. The van der Waals surface area contributed by atoms with Crippen molar-refractivity contribution in [1.29, 1.82) is 5.26 Å². The SMILES string of the molecule is CC1CCCN1c1ccc(-n2cccn2)cc1C#N. The van der Waals surface area contributed by atoms with Gasteiger partial charge < -0.3 is 4.90 Å². The first-order valence-corrected chi connectivity index (χ1v) is 6.60. The van der Waals surface area contributed by atoms with Crippen LogP contribution < -0.4 is 4.90 Å².